The van der Waals surface area contributed by atoms with E-state index in [-0.39, 0.29) is 0 Å². The zero-order chi connectivity index (χ0) is 16.6. The van der Waals surface area contributed by atoms with E-state index in [9.17, 15) is 4.79 Å². The average Bonchev–Trinajstić information content (AvgIpc) is 2.64. The summed E-state index contributed by atoms with van der Waals surface area (Å²) in [4.78, 5) is 14.5. The van der Waals surface area contributed by atoms with Crippen LogP contribution in [0.25, 0.3) is 0 Å². The Kier molecular flexibility index (Phi) is 6.71. The Morgan fingerprint density at radius 1 is 1.00 bits per heavy atom. The zero-order valence-electron chi connectivity index (χ0n) is 14.9. The summed E-state index contributed by atoms with van der Waals surface area (Å²) >= 11 is 0. The van der Waals surface area contributed by atoms with Gasteiger partial charge < -0.3 is 10.2 Å². The Balaban J connectivity index is 1.32. The number of piperidine rings is 1. The number of amides is 1. The molecule has 1 aliphatic carbocycles. The minimum atomic E-state index is 0.344. The maximum Gasteiger partial charge on any atom is 0.223 e. The summed E-state index contributed by atoms with van der Waals surface area (Å²) in [6.07, 6.45) is 10.8. The third kappa shape index (κ3) is 5.34. The molecule has 1 amide bonds. The van der Waals surface area contributed by atoms with Crippen LogP contribution in [0.1, 0.15) is 56.9 Å². The van der Waals surface area contributed by atoms with Gasteiger partial charge in [-0.05, 0) is 43.6 Å². The van der Waals surface area contributed by atoms with Gasteiger partial charge in [0.25, 0.3) is 0 Å². The van der Waals surface area contributed by atoms with Crippen molar-refractivity contribution in [2.45, 2.75) is 63.8 Å². The van der Waals surface area contributed by atoms with Crippen molar-refractivity contribution in [3.63, 3.8) is 0 Å². The van der Waals surface area contributed by atoms with E-state index in [1.807, 2.05) is 0 Å². The monoisotopic (exact) mass is 328 g/mol. The maximum atomic E-state index is 12.4. The van der Waals surface area contributed by atoms with Gasteiger partial charge >= 0.3 is 0 Å². The molecule has 3 nitrogen and oxygen atoms in total. The molecule has 1 aromatic rings. The van der Waals surface area contributed by atoms with Crippen molar-refractivity contribution in [3.8, 4) is 0 Å². The molecule has 1 aromatic carbocycles. The van der Waals surface area contributed by atoms with Gasteiger partial charge in [-0.15, -0.1) is 0 Å². The highest BCUT2D eigenvalue weighted by atomic mass is 16.2. The smallest absolute Gasteiger partial charge is 0.223 e. The van der Waals surface area contributed by atoms with Crippen LogP contribution in [-0.4, -0.2) is 36.5 Å². The van der Waals surface area contributed by atoms with Crippen LogP contribution in [0.3, 0.4) is 0 Å². The Bertz CT molecular complexity index is 488. The van der Waals surface area contributed by atoms with Crippen molar-refractivity contribution in [2.24, 2.45) is 5.92 Å². The lowest BCUT2D eigenvalue weighted by Gasteiger charge is -2.32. The van der Waals surface area contributed by atoms with Crippen molar-refractivity contribution in [1.29, 1.82) is 0 Å². The molecule has 1 saturated heterocycles. The number of carbonyl (C=O) groups is 1. The topological polar surface area (TPSA) is 32.3 Å². The molecule has 1 N–H and O–H groups in total. The normalized spacial score (nSPS) is 20.2. The number of hydrogen-bond acceptors (Lipinski definition) is 2. The van der Waals surface area contributed by atoms with Gasteiger partial charge in [0.05, 0.1) is 0 Å². The maximum absolute atomic E-state index is 12.4. The van der Waals surface area contributed by atoms with Gasteiger partial charge in [-0.2, -0.15) is 0 Å². The Labute approximate surface area is 146 Å². The minimum absolute atomic E-state index is 0.344. The molecule has 2 fully saturated rings. The quantitative estimate of drug-likeness (QED) is 0.862. The summed E-state index contributed by atoms with van der Waals surface area (Å²) in [7, 11) is 0. The fourth-order valence-electron chi connectivity index (χ4n) is 4.18. The second-order valence-electron chi connectivity index (χ2n) is 7.55. The molecule has 24 heavy (non-hydrogen) atoms. The number of nitrogens with one attached hydrogen (secondary N) is 1. The Hall–Kier alpha value is -1.35. The molecule has 3 rings (SSSR count). The highest BCUT2D eigenvalue weighted by Crippen LogP contribution is 2.22. The summed E-state index contributed by atoms with van der Waals surface area (Å²) in [5.41, 5.74) is 1.43. The van der Waals surface area contributed by atoms with Gasteiger partial charge in [-0.1, -0.05) is 49.6 Å². The summed E-state index contributed by atoms with van der Waals surface area (Å²) in [5, 5.41) is 3.59. The lowest BCUT2D eigenvalue weighted by molar-refractivity contribution is -0.132. The molecule has 0 aromatic heterocycles. The fourth-order valence-corrected chi connectivity index (χ4v) is 4.18. The van der Waals surface area contributed by atoms with E-state index >= 15 is 0 Å². The molecular formula is C21H32N2O. The number of rotatable bonds is 6. The molecule has 3 heteroatoms. The molecule has 0 atom stereocenters. The van der Waals surface area contributed by atoms with E-state index in [0.29, 0.717) is 18.4 Å². The number of likely N-dealkylation sites (tertiary alicyclic amines) is 1. The molecule has 1 heterocycles. The van der Waals surface area contributed by atoms with Crippen molar-refractivity contribution >= 4 is 5.91 Å². The molecular weight excluding hydrogens is 296 g/mol. The first-order valence-corrected chi connectivity index (χ1v) is 9.86. The molecule has 0 radical (unpaired) electrons. The average molecular weight is 329 g/mol. The van der Waals surface area contributed by atoms with E-state index in [0.717, 1.165) is 44.8 Å². The van der Waals surface area contributed by atoms with Crippen molar-refractivity contribution in [3.05, 3.63) is 35.9 Å². The first-order chi connectivity index (χ1) is 11.8. The lowest BCUT2D eigenvalue weighted by atomic mass is 9.90. The lowest BCUT2D eigenvalue weighted by Crippen LogP contribution is -2.41. The number of carbonyl (C=O) groups excluding carboxylic acids is 1. The number of nitrogens with zero attached hydrogens (tertiary/aromatic N) is 1. The number of benzene rings is 1. The fraction of sp³-hybridized carbons (Fsp3) is 0.667. The van der Waals surface area contributed by atoms with Crippen LogP contribution in [0.2, 0.25) is 0 Å². The van der Waals surface area contributed by atoms with Crippen LogP contribution in [0.4, 0.5) is 0 Å². The SMILES string of the molecule is O=C(CCNC1CCCCC1)N1CCC(Cc2ccccc2)CC1. The van der Waals surface area contributed by atoms with Crippen LogP contribution in [0.15, 0.2) is 30.3 Å². The minimum Gasteiger partial charge on any atom is -0.343 e. The molecule has 0 spiro atoms. The highest BCUT2D eigenvalue weighted by Gasteiger charge is 2.23. The first-order valence-electron chi connectivity index (χ1n) is 9.86. The second kappa shape index (κ2) is 9.22. The summed E-state index contributed by atoms with van der Waals surface area (Å²) in [5.74, 6) is 1.08. The van der Waals surface area contributed by atoms with E-state index in [1.165, 1.54) is 37.7 Å². The number of hydrogen-bond donors (Lipinski definition) is 1. The predicted octanol–water partition coefficient (Wildman–Crippen LogP) is 3.78. The Morgan fingerprint density at radius 2 is 1.71 bits per heavy atom. The molecule has 1 saturated carbocycles. The largest absolute Gasteiger partial charge is 0.343 e. The van der Waals surface area contributed by atoms with Gasteiger partial charge in [-0.25, -0.2) is 0 Å². The van der Waals surface area contributed by atoms with E-state index in [1.54, 1.807) is 0 Å². The van der Waals surface area contributed by atoms with E-state index in [2.05, 4.69) is 40.5 Å². The van der Waals surface area contributed by atoms with E-state index in [4.69, 9.17) is 0 Å². The van der Waals surface area contributed by atoms with Gasteiger partial charge in [0.15, 0.2) is 0 Å². The molecule has 132 valence electrons. The van der Waals surface area contributed by atoms with Crippen LogP contribution < -0.4 is 5.32 Å². The second-order valence-corrected chi connectivity index (χ2v) is 7.55. The van der Waals surface area contributed by atoms with Crippen LogP contribution in [0, 0.1) is 5.92 Å². The van der Waals surface area contributed by atoms with Gasteiger partial charge in [0.2, 0.25) is 5.91 Å². The highest BCUT2D eigenvalue weighted by molar-refractivity contribution is 5.76. The van der Waals surface area contributed by atoms with Gasteiger partial charge in [0, 0.05) is 32.1 Å². The third-order valence-electron chi connectivity index (χ3n) is 5.71. The van der Waals surface area contributed by atoms with E-state index < -0.39 is 0 Å². The van der Waals surface area contributed by atoms with Gasteiger partial charge in [-0.3, -0.25) is 4.79 Å². The summed E-state index contributed by atoms with van der Waals surface area (Å²) < 4.78 is 0. The summed E-state index contributed by atoms with van der Waals surface area (Å²) in [6.45, 7) is 2.74. The van der Waals surface area contributed by atoms with Gasteiger partial charge in [0.1, 0.15) is 0 Å². The standard InChI is InChI=1S/C21H32N2O/c24-21(11-14-22-20-9-5-2-6-10-20)23-15-12-19(13-16-23)17-18-7-3-1-4-8-18/h1,3-4,7-8,19-20,22H,2,5-6,9-17H2. The van der Waals surface area contributed by atoms with Crippen molar-refractivity contribution in [2.75, 3.05) is 19.6 Å². The van der Waals surface area contributed by atoms with Crippen LogP contribution in [0.5, 0.6) is 0 Å². The van der Waals surface area contributed by atoms with Crippen molar-refractivity contribution in [1.82, 2.24) is 10.2 Å². The third-order valence-corrected chi connectivity index (χ3v) is 5.71. The van der Waals surface area contributed by atoms with Crippen molar-refractivity contribution < 1.29 is 4.79 Å². The first kappa shape index (κ1) is 17.5. The molecule has 2 aliphatic rings. The Morgan fingerprint density at radius 3 is 2.42 bits per heavy atom. The predicted molar refractivity (Wildman–Crippen MR) is 98.9 cm³/mol. The van der Waals surface area contributed by atoms with Crippen LogP contribution in [-0.2, 0) is 11.2 Å². The zero-order valence-corrected chi connectivity index (χ0v) is 14.9. The summed E-state index contributed by atoms with van der Waals surface area (Å²) in [6, 6.07) is 11.4. The van der Waals surface area contributed by atoms with Crippen LogP contribution >= 0.6 is 0 Å². The molecule has 0 unspecified atom stereocenters. The molecule has 1 aliphatic heterocycles. The molecule has 0 bridgehead atoms.